The molecular weight excluding hydrogens is 530 g/mol. The van der Waals surface area contributed by atoms with E-state index < -0.39 is 29.5 Å². The second-order valence-corrected chi connectivity index (χ2v) is 9.58. The molecule has 10 heteroatoms. The summed E-state index contributed by atoms with van der Waals surface area (Å²) in [5, 5.41) is 14.3. The maximum atomic E-state index is 13.6. The number of ether oxygens (including phenoxy) is 1. The third-order valence-electron chi connectivity index (χ3n) is 5.75. The van der Waals surface area contributed by atoms with Gasteiger partial charge in [-0.05, 0) is 60.5 Å². The van der Waals surface area contributed by atoms with Gasteiger partial charge in [0.25, 0.3) is 11.8 Å². The van der Waals surface area contributed by atoms with E-state index in [0.717, 1.165) is 0 Å². The Bertz CT molecular complexity index is 1390. The van der Waals surface area contributed by atoms with E-state index in [4.69, 9.17) is 4.74 Å². The highest BCUT2D eigenvalue weighted by Crippen LogP contribution is 2.43. The molecule has 2 N–H and O–H groups in total. The van der Waals surface area contributed by atoms with Crippen LogP contribution in [-0.2, 0) is 9.53 Å². The van der Waals surface area contributed by atoms with Gasteiger partial charge >= 0.3 is 12.1 Å². The average Bonchev–Trinajstić information content (AvgIpc) is 3.06. The van der Waals surface area contributed by atoms with Crippen LogP contribution in [0, 0.1) is 0 Å². The van der Waals surface area contributed by atoms with Crippen LogP contribution in [0.2, 0.25) is 0 Å². The molecule has 0 atom stereocenters. The van der Waals surface area contributed by atoms with E-state index in [1.807, 2.05) is 6.92 Å². The maximum Gasteiger partial charge on any atom is 0.426 e. The summed E-state index contributed by atoms with van der Waals surface area (Å²) in [6.45, 7) is 4.81. The maximum absolute atomic E-state index is 13.6. The van der Waals surface area contributed by atoms with Crippen molar-refractivity contribution in [2.75, 3.05) is 16.8 Å². The summed E-state index contributed by atoms with van der Waals surface area (Å²) in [7, 11) is 0. The van der Waals surface area contributed by atoms with Crippen molar-refractivity contribution in [1.29, 1.82) is 0 Å². The number of hydrogen-bond donors (Lipinski definition) is 2. The van der Waals surface area contributed by atoms with E-state index in [-0.39, 0.29) is 12.3 Å². The Hall–Kier alpha value is -3.92. The van der Waals surface area contributed by atoms with Crippen molar-refractivity contribution in [1.82, 2.24) is 4.90 Å². The number of amides is 5. The number of fused-ring (bicyclic) bond motifs is 1. The van der Waals surface area contributed by atoms with Gasteiger partial charge in [-0.25, -0.2) is 9.59 Å². The molecule has 1 aliphatic rings. The van der Waals surface area contributed by atoms with Crippen LogP contribution < -0.4 is 10.2 Å². The average molecular weight is 554 g/mol. The predicted octanol–water partition coefficient (Wildman–Crippen LogP) is 5.65. The minimum Gasteiger partial charge on any atom is -0.506 e. The molecule has 3 aromatic rings. The summed E-state index contributed by atoms with van der Waals surface area (Å²) in [5.74, 6) is -1.26. The van der Waals surface area contributed by atoms with E-state index in [1.165, 1.54) is 24.8 Å². The predicted molar refractivity (Wildman–Crippen MR) is 138 cm³/mol. The third kappa shape index (κ3) is 4.39. The Morgan fingerprint density at radius 2 is 1.81 bits per heavy atom. The Labute approximate surface area is 215 Å². The largest absolute Gasteiger partial charge is 0.506 e. The summed E-state index contributed by atoms with van der Waals surface area (Å²) >= 11 is 3.32. The topological polar surface area (TPSA) is 116 Å². The molecule has 1 aliphatic heterocycles. The van der Waals surface area contributed by atoms with Crippen molar-refractivity contribution in [3.63, 3.8) is 0 Å². The lowest BCUT2D eigenvalue weighted by Crippen LogP contribution is -2.48. The van der Waals surface area contributed by atoms with Crippen LogP contribution in [0.3, 0.4) is 0 Å². The molecule has 1 heterocycles. The first kappa shape index (κ1) is 25.2. The summed E-state index contributed by atoms with van der Waals surface area (Å²) in [4.78, 5) is 53.5. The van der Waals surface area contributed by atoms with Crippen LogP contribution in [0.4, 0.5) is 21.0 Å². The van der Waals surface area contributed by atoms with Crippen LogP contribution in [0.1, 0.15) is 37.6 Å². The van der Waals surface area contributed by atoms with Gasteiger partial charge in [0, 0.05) is 22.9 Å². The van der Waals surface area contributed by atoms with Crippen LogP contribution in [-0.4, -0.2) is 46.1 Å². The van der Waals surface area contributed by atoms with E-state index in [9.17, 15) is 24.3 Å². The van der Waals surface area contributed by atoms with E-state index in [0.29, 0.717) is 43.5 Å². The normalized spacial score (nSPS) is 14.6. The summed E-state index contributed by atoms with van der Waals surface area (Å²) < 4.78 is 5.43. The van der Waals surface area contributed by atoms with Gasteiger partial charge in [0.15, 0.2) is 5.60 Å². The van der Waals surface area contributed by atoms with E-state index in [2.05, 4.69) is 21.2 Å². The molecule has 186 valence electrons. The molecule has 0 unspecified atom stereocenters. The van der Waals surface area contributed by atoms with Crippen LogP contribution in [0.25, 0.3) is 10.8 Å². The van der Waals surface area contributed by atoms with Crippen molar-refractivity contribution in [3.05, 3.63) is 64.6 Å². The van der Waals surface area contributed by atoms with Gasteiger partial charge in [0.2, 0.25) is 0 Å². The van der Waals surface area contributed by atoms with E-state index >= 15 is 0 Å². The number of hydrogen-bond acceptors (Lipinski definition) is 6. The Kier molecular flexibility index (Phi) is 6.73. The number of halogens is 1. The molecule has 0 saturated carbocycles. The molecule has 1 saturated heterocycles. The number of carbonyl (C=O) groups excluding carboxylic acids is 4. The lowest BCUT2D eigenvalue weighted by atomic mass is 10.0. The molecule has 0 spiro atoms. The number of benzene rings is 3. The van der Waals surface area contributed by atoms with Gasteiger partial charge in [-0.3, -0.25) is 14.5 Å². The third-order valence-corrected chi connectivity index (χ3v) is 6.36. The summed E-state index contributed by atoms with van der Waals surface area (Å²) in [5.41, 5.74) is -0.428. The number of aromatic hydroxyl groups is 1. The fraction of sp³-hybridized carbons (Fsp3) is 0.231. The number of nitrogens with one attached hydrogen (secondary N) is 1. The number of urea groups is 1. The second kappa shape index (κ2) is 9.62. The molecule has 0 bridgehead atoms. The zero-order valence-electron chi connectivity index (χ0n) is 19.9. The zero-order chi connectivity index (χ0) is 26.2. The van der Waals surface area contributed by atoms with Gasteiger partial charge in [0.1, 0.15) is 5.75 Å². The fourth-order valence-corrected chi connectivity index (χ4v) is 4.45. The first-order valence-electron chi connectivity index (χ1n) is 11.3. The molecule has 0 aromatic heterocycles. The molecule has 36 heavy (non-hydrogen) atoms. The number of rotatable bonds is 5. The lowest BCUT2D eigenvalue weighted by molar-refractivity contribution is -0.132. The molecule has 0 radical (unpaired) electrons. The number of imide groups is 3. The van der Waals surface area contributed by atoms with Crippen molar-refractivity contribution in [2.45, 2.75) is 32.8 Å². The van der Waals surface area contributed by atoms with E-state index in [1.54, 1.807) is 48.5 Å². The molecular formula is C26H24BrN3O6. The molecule has 4 rings (SSSR count). The number of cyclic esters (lactones) is 1. The number of phenolic OH excluding ortho intramolecular Hbond substituents is 1. The van der Waals surface area contributed by atoms with Crippen molar-refractivity contribution in [3.8, 4) is 5.75 Å². The summed E-state index contributed by atoms with van der Waals surface area (Å²) in [6.07, 6.45) is -0.559. The lowest BCUT2D eigenvalue weighted by Gasteiger charge is -2.27. The Balaban J connectivity index is 1.87. The van der Waals surface area contributed by atoms with Gasteiger partial charge in [-0.15, -0.1) is 0 Å². The standard InChI is InChI=1S/C26H24BrN3O6/c1-4-13-29(24(34)30-23(33)26(2,3)36-25(30)35)19-12-8-11-16-20(19)18(14-17(27)21(16)31)28-22(32)15-9-6-5-7-10-15/h5-12,14,31H,4,13H2,1-3H3,(H,28,32). The fourth-order valence-electron chi connectivity index (χ4n) is 4.01. The Morgan fingerprint density at radius 1 is 1.11 bits per heavy atom. The van der Waals surface area contributed by atoms with Gasteiger partial charge < -0.3 is 15.2 Å². The SMILES string of the molecule is CCCN(C(=O)N1C(=O)OC(C)(C)C1=O)c1cccc2c(O)c(Br)cc(NC(=O)c3ccccc3)c12. The van der Waals surface area contributed by atoms with Crippen LogP contribution in [0.15, 0.2) is 59.1 Å². The number of phenols is 1. The summed E-state index contributed by atoms with van der Waals surface area (Å²) in [6, 6.07) is 14.1. The number of nitrogens with zero attached hydrogens (tertiary/aromatic N) is 2. The highest BCUT2D eigenvalue weighted by molar-refractivity contribution is 9.10. The first-order valence-corrected chi connectivity index (χ1v) is 12.1. The quantitative estimate of drug-likeness (QED) is 0.394. The second-order valence-electron chi connectivity index (χ2n) is 8.73. The Morgan fingerprint density at radius 3 is 2.42 bits per heavy atom. The molecule has 3 aromatic carbocycles. The van der Waals surface area contributed by atoms with Gasteiger partial charge in [-0.2, -0.15) is 4.90 Å². The van der Waals surface area contributed by atoms with Crippen LogP contribution in [0.5, 0.6) is 5.75 Å². The number of anilines is 2. The van der Waals surface area contributed by atoms with Crippen molar-refractivity contribution < 1.29 is 29.0 Å². The molecule has 5 amide bonds. The van der Waals surface area contributed by atoms with Gasteiger partial charge in [-0.1, -0.05) is 37.3 Å². The first-order chi connectivity index (χ1) is 17.1. The minimum absolute atomic E-state index is 0.0914. The smallest absolute Gasteiger partial charge is 0.426 e. The van der Waals surface area contributed by atoms with Crippen molar-refractivity contribution >= 4 is 62.0 Å². The molecule has 1 fully saturated rings. The van der Waals surface area contributed by atoms with Gasteiger partial charge in [0.05, 0.1) is 15.8 Å². The molecule has 9 nitrogen and oxygen atoms in total. The minimum atomic E-state index is -1.47. The monoisotopic (exact) mass is 553 g/mol. The highest BCUT2D eigenvalue weighted by Gasteiger charge is 2.51. The van der Waals surface area contributed by atoms with Crippen LogP contribution >= 0.6 is 15.9 Å². The molecule has 0 aliphatic carbocycles. The number of carbonyl (C=O) groups is 4. The zero-order valence-corrected chi connectivity index (χ0v) is 21.5. The highest BCUT2D eigenvalue weighted by atomic mass is 79.9. The van der Waals surface area contributed by atoms with Crippen molar-refractivity contribution in [2.24, 2.45) is 0 Å².